The van der Waals surface area contributed by atoms with Crippen molar-refractivity contribution < 1.29 is 0 Å². The zero-order valence-electron chi connectivity index (χ0n) is 9.89. The summed E-state index contributed by atoms with van der Waals surface area (Å²) in [5.74, 6) is 3.54. The van der Waals surface area contributed by atoms with Gasteiger partial charge in [0.2, 0.25) is 0 Å². The Labute approximate surface area is 81.6 Å². The summed E-state index contributed by atoms with van der Waals surface area (Å²) in [5.41, 5.74) is 0.991. The highest BCUT2D eigenvalue weighted by Crippen LogP contribution is 2.35. The molecule has 0 aliphatic heterocycles. The summed E-state index contributed by atoms with van der Waals surface area (Å²) in [6.07, 6.45) is 0. The first-order valence-corrected chi connectivity index (χ1v) is 6.53. The predicted molar refractivity (Wildman–Crippen MR) is 61.7 cm³/mol. The van der Waals surface area contributed by atoms with Gasteiger partial charge in [0.1, 0.15) is 0 Å². The van der Waals surface area contributed by atoms with Crippen LogP contribution in [0.4, 0.5) is 0 Å². The van der Waals surface area contributed by atoms with Crippen molar-refractivity contribution in [3.63, 3.8) is 0 Å². The molecule has 0 saturated carbocycles. The first-order chi connectivity index (χ1) is 5.37. The summed E-state index contributed by atoms with van der Waals surface area (Å²) in [4.78, 5) is 0. The smallest absolute Gasteiger partial charge is 0.00743 e. The lowest BCUT2D eigenvalue weighted by Gasteiger charge is -2.33. The Balaban J connectivity index is 4.30. The third-order valence-electron chi connectivity index (χ3n) is 3.20. The van der Waals surface area contributed by atoms with E-state index in [0.717, 1.165) is 29.2 Å². The highest BCUT2D eigenvalue weighted by Gasteiger charge is 2.25. The van der Waals surface area contributed by atoms with Crippen LogP contribution in [0.5, 0.6) is 0 Å². The molecule has 0 spiro atoms. The van der Waals surface area contributed by atoms with E-state index in [9.17, 15) is 0 Å². The van der Waals surface area contributed by atoms with Crippen molar-refractivity contribution >= 4 is 10.2 Å². The molecule has 0 aliphatic carbocycles. The van der Waals surface area contributed by atoms with Crippen molar-refractivity contribution in [2.45, 2.75) is 47.1 Å². The van der Waals surface area contributed by atoms with Crippen LogP contribution < -0.4 is 0 Å². The largest absolute Gasteiger partial charge is 0.0628 e. The number of hydrogen-bond donors (Lipinski definition) is 0. The quantitative estimate of drug-likeness (QED) is 0.592. The fraction of sp³-hybridized carbons (Fsp3) is 1.00. The molecule has 0 bridgehead atoms. The van der Waals surface area contributed by atoms with Gasteiger partial charge in [0.25, 0.3) is 0 Å². The van der Waals surface area contributed by atoms with Crippen LogP contribution >= 0.6 is 0 Å². The lowest BCUT2D eigenvalue weighted by molar-refractivity contribution is 0.242. The molecule has 0 fully saturated rings. The Hall–Kier alpha value is 0.217. The van der Waals surface area contributed by atoms with Crippen molar-refractivity contribution in [3.8, 4) is 0 Å². The molecule has 0 aromatic rings. The summed E-state index contributed by atoms with van der Waals surface area (Å²) in [6, 6.07) is 0. The Morgan fingerprint density at radius 2 is 1.00 bits per heavy atom. The maximum Gasteiger partial charge on any atom is 0.00743 e. The molecule has 0 amide bonds. The summed E-state index contributed by atoms with van der Waals surface area (Å²) in [5, 5.41) is 0. The van der Waals surface area contributed by atoms with E-state index in [-0.39, 0.29) is 0 Å². The minimum absolute atomic E-state index is 0.856. The Bertz CT molecular complexity index is 108. The molecule has 0 saturated heterocycles. The van der Waals surface area contributed by atoms with Gasteiger partial charge in [0.05, 0.1) is 0 Å². The van der Waals surface area contributed by atoms with E-state index in [1.165, 1.54) is 10.2 Å². The maximum atomic E-state index is 2.37. The molecule has 0 aromatic heterocycles. The lowest BCUT2D eigenvalue weighted by Crippen LogP contribution is -2.24. The first kappa shape index (κ1) is 12.2. The van der Waals surface area contributed by atoms with E-state index >= 15 is 0 Å². The van der Waals surface area contributed by atoms with Gasteiger partial charge in [-0.15, -0.1) is 0 Å². The van der Waals surface area contributed by atoms with E-state index in [1.807, 2.05) is 0 Å². The van der Waals surface area contributed by atoms with Crippen LogP contribution in [0.15, 0.2) is 0 Å². The van der Waals surface area contributed by atoms with Gasteiger partial charge in [-0.2, -0.15) is 0 Å². The van der Waals surface area contributed by atoms with Crippen molar-refractivity contribution in [3.05, 3.63) is 0 Å². The third-order valence-corrected chi connectivity index (χ3v) is 5.30. The lowest BCUT2D eigenvalue weighted by atomic mass is 9.79. The Morgan fingerprint density at radius 3 is 1.08 bits per heavy atom. The third kappa shape index (κ3) is 3.30. The van der Waals surface area contributed by atoms with Crippen molar-refractivity contribution in [2.24, 2.45) is 23.7 Å². The second kappa shape index (κ2) is 5.06. The number of hydrogen-bond acceptors (Lipinski definition) is 0. The summed E-state index contributed by atoms with van der Waals surface area (Å²) in [6.45, 7) is 14.2. The molecule has 0 aliphatic rings. The second-order valence-corrected chi connectivity index (χ2v) is 6.50. The van der Waals surface area contributed by atoms with Crippen LogP contribution in [-0.2, 0) is 0 Å². The van der Waals surface area contributed by atoms with Crippen molar-refractivity contribution in [2.75, 3.05) is 0 Å². The molecule has 1 heteroatoms. The standard InChI is InChI=1S/C11H26Si/c1-7(2)10(8(3)4)11(12)9(5)6/h7-11H,1-6,12H3. The van der Waals surface area contributed by atoms with Gasteiger partial charge in [0.15, 0.2) is 0 Å². The van der Waals surface area contributed by atoms with Crippen LogP contribution in [0.25, 0.3) is 0 Å². The van der Waals surface area contributed by atoms with Crippen molar-refractivity contribution in [1.29, 1.82) is 0 Å². The van der Waals surface area contributed by atoms with E-state index < -0.39 is 0 Å². The van der Waals surface area contributed by atoms with Gasteiger partial charge in [-0.25, -0.2) is 0 Å². The van der Waals surface area contributed by atoms with Gasteiger partial charge in [-0.1, -0.05) is 41.5 Å². The SMILES string of the molecule is CC(C)C([SiH3])C(C(C)C)C(C)C. The van der Waals surface area contributed by atoms with Gasteiger partial charge >= 0.3 is 0 Å². The Morgan fingerprint density at radius 1 is 0.667 bits per heavy atom. The molecule has 0 rings (SSSR count). The first-order valence-electron chi connectivity index (χ1n) is 5.37. The zero-order valence-corrected chi connectivity index (χ0v) is 11.9. The second-order valence-electron chi connectivity index (χ2n) is 5.17. The van der Waals surface area contributed by atoms with Crippen LogP contribution in [0.3, 0.4) is 0 Å². The molecule has 0 N–H and O–H groups in total. The van der Waals surface area contributed by atoms with Crippen molar-refractivity contribution in [1.82, 2.24) is 0 Å². The Kier molecular flexibility index (Phi) is 5.15. The highest BCUT2D eigenvalue weighted by atomic mass is 28.1. The molecule has 0 aromatic carbocycles. The summed E-state index contributed by atoms with van der Waals surface area (Å²) in [7, 11) is 1.35. The fourth-order valence-electron chi connectivity index (χ4n) is 2.43. The predicted octanol–water partition coefficient (Wildman–Crippen LogP) is 2.72. The van der Waals surface area contributed by atoms with Gasteiger partial charge in [0, 0.05) is 10.2 Å². The van der Waals surface area contributed by atoms with Gasteiger partial charge < -0.3 is 0 Å². The van der Waals surface area contributed by atoms with E-state index in [4.69, 9.17) is 0 Å². The van der Waals surface area contributed by atoms with E-state index in [2.05, 4.69) is 41.5 Å². The average Bonchev–Trinajstić information content (AvgIpc) is 1.85. The van der Waals surface area contributed by atoms with Crippen LogP contribution in [-0.4, -0.2) is 10.2 Å². The molecule has 1 unspecified atom stereocenters. The minimum Gasteiger partial charge on any atom is -0.0628 e. The normalized spacial score (nSPS) is 15.5. The average molecular weight is 186 g/mol. The van der Waals surface area contributed by atoms with Crippen LogP contribution in [0.2, 0.25) is 5.54 Å². The molecule has 1 atom stereocenters. The monoisotopic (exact) mass is 186 g/mol. The minimum atomic E-state index is 0.856. The summed E-state index contributed by atoms with van der Waals surface area (Å²) >= 11 is 0. The molecule has 0 heterocycles. The zero-order chi connectivity index (χ0) is 9.89. The van der Waals surface area contributed by atoms with Gasteiger partial charge in [-0.3, -0.25) is 0 Å². The van der Waals surface area contributed by atoms with Gasteiger partial charge in [-0.05, 0) is 29.2 Å². The molecule has 12 heavy (non-hydrogen) atoms. The van der Waals surface area contributed by atoms with Crippen LogP contribution in [0.1, 0.15) is 41.5 Å². The maximum absolute atomic E-state index is 2.37. The molecule has 0 radical (unpaired) electrons. The van der Waals surface area contributed by atoms with E-state index in [1.54, 1.807) is 0 Å². The summed E-state index contributed by atoms with van der Waals surface area (Å²) < 4.78 is 0. The molecular weight excluding hydrogens is 160 g/mol. The van der Waals surface area contributed by atoms with Crippen LogP contribution in [0, 0.1) is 23.7 Å². The number of rotatable bonds is 4. The topological polar surface area (TPSA) is 0 Å². The fourth-order valence-corrected chi connectivity index (χ4v) is 3.97. The molecular formula is C11H26Si. The molecule has 0 nitrogen and oxygen atoms in total. The highest BCUT2D eigenvalue weighted by molar-refractivity contribution is 6.12. The molecule has 74 valence electrons. The van der Waals surface area contributed by atoms with E-state index in [0.29, 0.717) is 0 Å².